The Balaban J connectivity index is 1.41. The van der Waals surface area contributed by atoms with Gasteiger partial charge in [-0.15, -0.1) is 0 Å². The predicted molar refractivity (Wildman–Crippen MR) is 286 cm³/mol. The number of urea groups is 2. The number of nitrogens with two attached hydrogens (primary N) is 2. The summed E-state index contributed by atoms with van der Waals surface area (Å²) in [5.41, 5.74) is 10.1. The molecule has 3 saturated heterocycles. The number of aliphatic hydroxyl groups is 4. The van der Waals surface area contributed by atoms with Gasteiger partial charge in [-0.25, -0.2) is 19.2 Å². The average Bonchev–Trinajstić information content (AvgIpc) is 4.08. The number of aliphatic imine (C=N–C) groups is 1. The van der Waals surface area contributed by atoms with E-state index >= 15 is 0 Å². The monoisotopic (exact) mass is 1140 g/mol. The molecule has 0 aromatic carbocycles. The molecule has 0 aliphatic carbocycles. The summed E-state index contributed by atoms with van der Waals surface area (Å²) in [6, 6.07) is -7.81. The van der Waals surface area contributed by atoms with Crippen molar-refractivity contribution in [2.45, 2.75) is 203 Å². The first-order valence-corrected chi connectivity index (χ1v) is 27.9. The number of guanidine groups is 1. The smallest absolute Gasteiger partial charge is 0.330 e. The minimum Gasteiger partial charge on any atom is -0.480 e. The second-order valence-electron chi connectivity index (χ2n) is 21.5. The maximum Gasteiger partial charge on any atom is 0.330 e. The van der Waals surface area contributed by atoms with Crippen LogP contribution in [-0.2, 0) is 38.1 Å². The number of nitrogens with one attached hydrogen (secondary N) is 6. The number of aliphatic carboxylic acids is 1. The number of aliphatic hydroxyl groups excluding tert-OH is 4. The highest BCUT2D eigenvalue weighted by molar-refractivity contribution is 6.04. The van der Waals surface area contributed by atoms with E-state index in [2.05, 4.69) is 43.5 Å². The Hall–Kier alpha value is -5.79. The number of carboxylic acids is 1. The summed E-state index contributed by atoms with van der Waals surface area (Å²) in [6.07, 6.45) is -4.71. The van der Waals surface area contributed by atoms with Crippen molar-refractivity contribution in [1.29, 1.82) is 0 Å². The number of rotatable bonds is 32. The number of unbranched alkanes of at least 4 members (excludes halogenated alkanes) is 9. The number of imide groups is 1. The summed E-state index contributed by atoms with van der Waals surface area (Å²) < 4.78 is 25.0. The van der Waals surface area contributed by atoms with Crippen LogP contribution in [0.5, 0.6) is 0 Å². The van der Waals surface area contributed by atoms with Crippen LogP contribution in [0.2, 0.25) is 0 Å². The molecule has 29 heteroatoms. The van der Waals surface area contributed by atoms with Gasteiger partial charge in [-0.1, -0.05) is 92.4 Å². The first kappa shape index (κ1) is 65.0. The van der Waals surface area contributed by atoms with Gasteiger partial charge in [0.2, 0.25) is 11.8 Å². The summed E-state index contributed by atoms with van der Waals surface area (Å²) >= 11 is 0. The van der Waals surface area contributed by atoms with E-state index in [1.54, 1.807) is 27.7 Å². The Bertz CT molecular complexity index is 2380. The van der Waals surface area contributed by atoms with Gasteiger partial charge in [-0.2, -0.15) is 0 Å². The first-order chi connectivity index (χ1) is 38.1. The van der Waals surface area contributed by atoms with Crippen molar-refractivity contribution in [2.75, 3.05) is 39.8 Å². The van der Waals surface area contributed by atoms with Gasteiger partial charge >= 0.3 is 23.7 Å². The molecule has 3 fully saturated rings. The lowest BCUT2D eigenvalue weighted by molar-refractivity contribution is -0.233. The first-order valence-electron chi connectivity index (χ1n) is 27.9. The van der Waals surface area contributed by atoms with Crippen LogP contribution in [-0.4, -0.2) is 212 Å². The number of H-pyrrole nitrogens is 1. The summed E-state index contributed by atoms with van der Waals surface area (Å²) in [6.45, 7) is 7.92. The van der Waals surface area contributed by atoms with E-state index in [4.69, 9.17) is 30.4 Å². The van der Waals surface area contributed by atoms with Crippen LogP contribution in [0.15, 0.2) is 26.8 Å². The number of carboxylic acid groups (broad SMARTS) is 1. The zero-order valence-corrected chi connectivity index (χ0v) is 46.6. The Morgan fingerprint density at radius 2 is 1.51 bits per heavy atom. The third-order valence-corrected chi connectivity index (χ3v) is 14.9. The van der Waals surface area contributed by atoms with E-state index in [-0.39, 0.29) is 51.5 Å². The summed E-state index contributed by atoms with van der Waals surface area (Å²) in [5, 5.41) is 68.2. The highest BCUT2D eigenvalue weighted by Gasteiger charge is 2.59. The highest BCUT2D eigenvalue weighted by atomic mass is 16.7. The van der Waals surface area contributed by atoms with Gasteiger partial charge in [0.25, 0.3) is 11.5 Å². The van der Waals surface area contributed by atoms with E-state index < -0.39 is 150 Å². The second kappa shape index (κ2) is 30.9. The minimum atomic E-state index is -1.92. The maximum atomic E-state index is 14.9. The van der Waals surface area contributed by atoms with E-state index in [0.717, 1.165) is 65.2 Å². The summed E-state index contributed by atoms with van der Waals surface area (Å²) in [5.74, 6) is -5.13. The van der Waals surface area contributed by atoms with Crippen LogP contribution in [0.3, 0.4) is 0 Å². The Morgan fingerprint density at radius 3 is 2.10 bits per heavy atom. The molecule has 7 unspecified atom stereocenters. The van der Waals surface area contributed by atoms with E-state index in [9.17, 15) is 63.9 Å². The molecule has 0 bridgehead atoms. The van der Waals surface area contributed by atoms with Crippen molar-refractivity contribution in [1.82, 2.24) is 45.9 Å². The van der Waals surface area contributed by atoms with Gasteiger partial charge in [0.05, 0.1) is 12.1 Å². The van der Waals surface area contributed by atoms with Crippen molar-refractivity contribution in [3.8, 4) is 0 Å². The molecular weight excluding hydrogens is 1050 g/mol. The van der Waals surface area contributed by atoms with Crippen molar-refractivity contribution in [3.05, 3.63) is 33.1 Å². The molecule has 1 aromatic heterocycles. The van der Waals surface area contributed by atoms with Crippen molar-refractivity contribution in [2.24, 2.45) is 28.3 Å². The third kappa shape index (κ3) is 16.7. The fourth-order valence-electron chi connectivity index (χ4n) is 10.3. The third-order valence-electron chi connectivity index (χ3n) is 14.9. The van der Waals surface area contributed by atoms with Crippen LogP contribution in [0.4, 0.5) is 9.59 Å². The van der Waals surface area contributed by atoms with Crippen molar-refractivity contribution in [3.63, 3.8) is 0 Å². The molecule has 452 valence electrons. The molecule has 1 aromatic rings. The van der Waals surface area contributed by atoms with Crippen LogP contribution in [0, 0.1) is 11.8 Å². The number of carbonyl (C=O) groups is 6. The van der Waals surface area contributed by atoms with Gasteiger partial charge in [-0.3, -0.25) is 38.6 Å². The molecule has 7 amide bonds. The molecule has 5 rings (SSSR count). The number of carbonyl (C=O) groups excluding carboxylic acids is 5. The van der Waals surface area contributed by atoms with Crippen molar-refractivity contribution >= 4 is 41.7 Å². The molecule has 15 N–H and O–H groups in total. The zero-order valence-electron chi connectivity index (χ0n) is 46.6. The number of hydrogen-bond acceptors (Lipinski definition) is 20. The van der Waals surface area contributed by atoms with Gasteiger partial charge < -0.3 is 87.4 Å². The number of hydrogen-bond donors (Lipinski definition) is 13. The second-order valence-corrected chi connectivity index (χ2v) is 21.5. The van der Waals surface area contributed by atoms with Crippen LogP contribution in [0.25, 0.3) is 0 Å². The molecule has 80 heavy (non-hydrogen) atoms. The van der Waals surface area contributed by atoms with Crippen LogP contribution < -0.4 is 49.3 Å². The topological polar surface area (TPSA) is 426 Å². The SMILES string of the molecule is CCCCCCCCCCCCN1C(=O)C(C(O[C@H]2O[C@H](CN)[C@H](O)[C@H]2OC)[C@H]2O[C@@H](n3ccc(=O)[nH]c3=O)[C@H](O)[C@@H]2O)N(CCCNC(=O)C(NC(=O)C(NC(=O)NC(C(=O)O)C(C)C)C2CCN=C(N)N2)C(O)C(C)C)C1=O. The quantitative estimate of drug-likeness (QED) is 0.0265. The normalized spacial score (nSPS) is 26.9. The van der Waals surface area contributed by atoms with Crippen LogP contribution >= 0.6 is 0 Å². The average molecular weight is 1140 g/mol. The molecule has 5 heterocycles. The molecule has 0 radical (unpaired) electrons. The lowest BCUT2D eigenvalue weighted by atomic mass is 9.97. The van der Waals surface area contributed by atoms with Gasteiger partial charge in [-0.05, 0) is 31.1 Å². The number of aromatic amines is 1. The molecule has 0 saturated carbocycles. The summed E-state index contributed by atoms with van der Waals surface area (Å²) in [7, 11) is 1.26. The number of amides is 7. The number of nitrogens with zero attached hydrogens (tertiary/aromatic N) is 4. The molecule has 4 aliphatic rings. The minimum absolute atomic E-state index is 0.0229. The van der Waals surface area contributed by atoms with E-state index in [1.165, 1.54) is 20.0 Å². The lowest BCUT2D eigenvalue weighted by Crippen LogP contribution is -2.66. The van der Waals surface area contributed by atoms with Gasteiger partial charge in [0, 0.05) is 52.1 Å². The predicted octanol–water partition coefficient (Wildman–Crippen LogP) is -2.38. The fraction of sp³-hybridized carbons (Fsp3) is 0.784. The van der Waals surface area contributed by atoms with E-state index in [0.29, 0.717) is 12.8 Å². The van der Waals surface area contributed by atoms with Crippen molar-refractivity contribution < 1.29 is 73.2 Å². The number of methoxy groups -OCH3 is 1. The van der Waals surface area contributed by atoms with E-state index in [1.807, 2.05) is 0 Å². The standard InChI is InChI=1S/C51H86N12O17/c1-7-8-9-10-11-12-13-14-15-16-22-62-44(71)34(39(80-47-41(77-6)36(66)29(25-52)78-47)40-37(67)38(68)45(79-40)63-24-19-30(64)57-50(63)75)61(51(62)76)23-17-20-54-42(69)33(35(65)27(4)5)58-43(70)32(28-18-21-55-48(53)56-28)60-49(74)59-31(26(2)3)46(72)73/h19,24,26-29,31-41,45,47,65-68H,7-18,20-23,25,52H2,1-6H3,(H,54,69)(H,58,70)(H,72,73)(H3,53,55,56)(H,57,64,75)(H2,59,60,74)/t28?,29-,31?,32?,33?,34?,35?,36+,37+,38-,39?,40+,41-,45-,47-/m1/s1. The van der Waals surface area contributed by atoms with Gasteiger partial charge in [0.15, 0.2) is 18.5 Å². The molecule has 4 aliphatic heterocycles. The number of aromatic nitrogens is 2. The maximum absolute atomic E-state index is 14.9. The fourth-order valence-corrected chi connectivity index (χ4v) is 10.3. The Kier molecular flexibility index (Phi) is 25.1. The summed E-state index contributed by atoms with van der Waals surface area (Å²) in [4.78, 5) is 116. The zero-order chi connectivity index (χ0) is 59.0. The van der Waals surface area contributed by atoms with Gasteiger partial charge in [0.1, 0.15) is 66.9 Å². The molecular formula is C51H86N12O17. The number of ether oxygens (including phenoxy) is 4. The Labute approximate surface area is 464 Å². The van der Waals surface area contributed by atoms with Crippen LogP contribution in [0.1, 0.15) is 118 Å². The molecule has 0 spiro atoms. The Morgan fingerprint density at radius 1 is 0.850 bits per heavy atom. The highest BCUT2D eigenvalue weighted by Crippen LogP contribution is 2.38. The molecule has 15 atom stereocenters. The largest absolute Gasteiger partial charge is 0.480 e. The lowest BCUT2D eigenvalue weighted by Gasteiger charge is -2.36. The molecule has 29 nitrogen and oxygen atoms in total.